The Kier molecular flexibility index (Phi) is 3.89. The smallest absolute Gasteiger partial charge is 0.218 e. The highest BCUT2D eigenvalue weighted by atomic mass is 32.2. The molecule has 1 saturated heterocycles. The Hall–Kier alpha value is -1.11. The Bertz CT molecular complexity index is 516. The van der Waals surface area contributed by atoms with Crippen molar-refractivity contribution in [1.29, 1.82) is 0 Å². The number of sulfonamides is 1. The van der Waals surface area contributed by atoms with E-state index < -0.39 is 10.0 Å². The molecular weight excluding hydrogens is 252 g/mol. The molecule has 6 heteroatoms. The summed E-state index contributed by atoms with van der Waals surface area (Å²) in [6.45, 7) is 0.976. The van der Waals surface area contributed by atoms with Crippen LogP contribution in [0, 0.1) is 0 Å². The van der Waals surface area contributed by atoms with Gasteiger partial charge < -0.3 is 10.5 Å². The summed E-state index contributed by atoms with van der Waals surface area (Å²) in [6.07, 6.45) is 0.771. The molecule has 1 fully saturated rings. The number of rotatable bonds is 4. The van der Waals surface area contributed by atoms with Crippen LogP contribution in [-0.2, 0) is 20.5 Å². The maximum Gasteiger partial charge on any atom is 0.218 e. The van der Waals surface area contributed by atoms with Gasteiger partial charge in [0.25, 0.3) is 0 Å². The number of hydrogen-bond acceptors (Lipinski definition) is 4. The first-order valence-corrected chi connectivity index (χ1v) is 7.47. The Morgan fingerprint density at radius 3 is 2.89 bits per heavy atom. The van der Waals surface area contributed by atoms with E-state index in [2.05, 4.69) is 0 Å². The fraction of sp³-hybridized carbons (Fsp3) is 0.500. The van der Waals surface area contributed by atoms with Crippen LogP contribution >= 0.6 is 0 Å². The van der Waals surface area contributed by atoms with Crippen molar-refractivity contribution < 1.29 is 13.2 Å². The molecule has 0 spiro atoms. The summed E-state index contributed by atoms with van der Waals surface area (Å²) >= 11 is 0. The highest BCUT2D eigenvalue weighted by Gasteiger charge is 2.31. The second-order valence-corrected chi connectivity index (χ2v) is 6.47. The van der Waals surface area contributed by atoms with E-state index in [4.69, 9.17) is 10.5 Å². The summed E-state index contributed by atoms with van der Waals surface area (Å²) < 4.78 is 31.1. The third kappa shape index (κ3) is 3.01. The number of nitrogens with two attached hydrogens (primary N) is 1. The quantitative estimate of drug-likeness (QED) is 0.822. The summed E-state index contributed by atoms with van der Waals surface area (Å²) in [7, 11) is -1.67. The van der Waals surface area contributed by atoms with E-state index in [-0.39, 0.29) is 11.9 Å². The third-order valence-corrected chi connectivity index (χ3v) is 4.95. The lowest BCUT2D eigenvalue weighted by Gasteiger charge is -2.16. The van der Waals surface area contributed by atoms with Gasteiger partial charge in [-0.2, -0.15) is 4.31 Å². The van der Waals surface area contributed by atoms with Gasteiger partial charge in [0.1, 0.15) is 0 Å². The number of nitrogen functional groups attached to an aromatic ring is 1. The van der Waals surface area contributed by atoms with E-state index >= 15 is 0 Å². The third-order valence-electron chi connectivity index (χ3n) is 3.13. The highest BCUT2D eigenvalue weighted by molar-refractivity contribution is 7.88. The zero-order valence-electron chi connectivity index (χ0n) is 10.4. The first kappa shape index (κ1) is 13.3. The molecule has 0 amide bonds. The van der Waals surface area contributed by atoms with Crippen molar-refractivity contribution in [3.8, 4) is 0 Å². The van der Waals surface area contributed by atoms with E-state index in [0.29, 0.717) is 18.8 Å². The standard InChI is InChI=1S/C12H18N2O3S/c1-17-12-5-6-14(8-12)18(15,16)9-10-3-2-4-11(13)7-10/h2-4,7,12H,5-6,8-9,13H2,1H3. The Labute approximate surface area is 108 Å². The van der Waals surface area contributed by atoms with Crippen molar-refractivity contribution in [3.05, 3.63) is 29.8 Å². The minimum absolute atomic E-state index is 0.00548. The van der Waals surface area contributed by atoms with Gasteiger partial charge in [-0.15, -0.1) is 0 Å². The molecule has 0 saturated carbocycles. The van der Waals surface area contributed by atoms with Gasteiger partial charge in [0, 0.05) is 25.9 Å². The van der Waals surface area contributed by atoms with Crippen molar-refractivity contribution in [2.45, 2.75) is 18.3 Å². The number of hydrogen-bond donors (Lipinski definition) is 1. The lowest BCUT2D eigenvalue weighted by molar-refractivity contribution is 0.115. The average Bonchev–Trinajstić information content (AvgIpc) is 2.77. The fourth-order valence-corrected chi connectivity index (χ4v) is 3.69. The van der Waals surface area contributed by atoms with Gasteiger partial charge in [-0.1, -0.05) is 12.1 Å². The molecule has 1 unspecified atom stereocenters. The molecule has 1 atom stereocenters. The number of benzene rings is 1. The van der Waals surface area contributed by atoms with Gasteiger partial charge in [-0.3, -0.25) is 0 Å². The van der Waals surface area contributed by atoms with Crippen LogP contribution in [0.3, 0.4) is 0 Å². The normalized spacial score (nSPS) is 21.3. The first-order chi connectivity index (χ1) is 8.51. The zero-order valence-corrected chi connectivity index (χ0v) is 11.2. The highest BCUT2D eigenvalue weighted by Crippen LogP contribution is 2.19. The van der Waals surface area contributed by atoms with Crippen LogP contribution in [0.1, 0.15) is 12.0 Å². The molecule has 1 heterocycles. The molecule has 0 aromatic heterocycles. The second kappa shape index (κ2) is 5.26. The Balaban J connectivity index is 2.08. The predicted octanol–water partition coefficient (Wildman–Crippen LogP) is 0.819. The molecule has 1 aliphatic rings. The van der Waals surface area contributed by atoms with Crippen molar-refractivity contribution in [1.82, 2.24) is 4.31 Å². The van der Waals surface area contributed by atoms with Crippen molar-refractivity contribution in [3.63, 3.8) is 0 Å². The SMILES string of the molecule is COC1CCN(S(=O)(=O)Cc2cccc(N)c2)C1. The molecule has 5 nitrogen and oxygen atoms in total. The maximum atomic E-state index is 12.2. The molecule has 2 N–H and O–H groups in total. The van der Waals surface area contributed by atoms with Crippen LogP contribution in [-0.4, -0.2) is 39.0 Å². The molecule has 1 aromatic rings. The van der Waals surface area contributed by atoms with E-state index in [1.54, 1.807) is 31.4 Å². The molecule has 1 aromatic carbocycles. The Morgan fingerprint density at radius 2 is 2.28 bits per heavy atom. The van der Waals surface area contributed by atoms with Gasteiger partial charge in [-0.05, 0) is 24.1 Å². The minimum Gasteiger partial charge on any atom is -0.399 e. The molecule has 2 rings (SSSR count). The number of methoxy groups -OCH3 is 1. The minimum atomic E-state index is -3.28. The molecular formula is C12H18N2O3S. The molecule has 18 heavy (non-hydrogen) atoms. The summed E-state index contributed by atoms with van der Waals surface area (Å²) in [5, 5.41) is 0. The summed E-state index contributed by atoms with van der Waals surface area (Å²) in [4.78, 5) is 0. The van der Waals surface area contributed by atoms with Crippen molar-refractivity contribution in [2.75, 3.05) is 25.9 Å². The van der Waals surface area contributed by atoms with Crippen LogP contribution in [0.4, 0.5) is 5.69 Å². The lowest BCUT2D eigenvalue weighted by Crippen LogP contribution is -2.31. The fourth-order valence-electron chi connectivity index (χ4n) is 2.13. The largest absolute Gasteiger partial charge is 0.399 e. The van der Waals surface area contributed by atoms with Gasteiger partial charge >= 0.3 is 0 Å². The lowest BCUT2D eigenvalue weighted by atomic mass is 10.2. The van der Waals surface area contributed by atoms with E-state index in [1.165, 1.54) is 4.31 Å². The van der Waals surface area contributed by atoms with Gasteiger partial charge in [0.2, 0.25) is 10.0 Å². The maximum absolute atomic E-state index is 12.2. The van der Waals surface area contributed by atoms with E-state index in [9.17, 15) is 8.42 Å². The molecule has 0 bridgehead atoms. The van der Waals surface area contributed by atoms with Crippen LogP contribution in [0.15, 0.2) is 24.3 Å². The second-order valence-electron chi connectivity index (χ2n) is 4.51. The van der Waals surface area contributed by atoms with E-state index in [1.807, 2.05) is 0 Å². The number of anilines is 1. The number of ether oxygens (including phenoxy) is 1. The molecule has 1 aliphatic heterocycles. The zero-order chi connectivity index (χ0) is 13.2. The average molecular weight is 270 g/mol. The van der Waals surface area contributed by atoms with Gasteiger partial charge in [-0.25, -0.2) is 8.42 Å². The monoisotopic (exact) mass is 270 g/mol. The van der Waals surface area contributed by atoms with Gasteiger partial charge in [0.05, 0.1) is 11.9 Å². The van der Waals surface area contributed by atoms with Crippen molar-refractivity contribution >= 4 is 15.7 Å². The summed E-state index contributed by atoms with van der Waals surface area (Å²) in [5.41, 5.74) is 6.95. The van der Waals surface area contributed by atoms with Crippen LogP contribution in [0.5, 0.6) is 0 Å². The topological polar surface area (TPSA) is 72.6 Å². The molecule has 100 valence electrons. The Morgan fingerprint density at radius 1 is 1.50 bits per heavy atom. The van der Waals surface area contributed by atoms with Crippen LogP contribution in [0.2, 0.25) is 0 Å². The summed E-state index contributed by atoms with van der Waals surface area (Å²) in [5.74, 6) is -0.00548. The van der Waals surface area contributed by atoms with Crippen LogP contribution < -0.4 is 5.73 Å². The molecule has 0 radical (unpaired) electrons. The van der Waals surface area contributed by atoms with Gasteiger partial charge in [0.15, 0.2) is 0 Å². The molecule has 0 aliphatic carbocycles. The summed E-state index contributed by atoms with van der Waals surface area (Å²) in [6, 6.07) is 6.98. The van der Waals surface area contributed by atoms with E-state index in [0.717, 1.165) is 12.0 Å². The number of nitrogens with zero attached hydrogens (tertiary/aromatic N) is 1. The van der Waals surface area contributed by atoms with Crippen LogP contribution in [0.25, 0.3) is 0 Å². The first-order valence-electron chi connectivity index (χ1n) is 5.86. The van der Waals surface area contributed by atoms with Crippen molar-refractivity contribution in [2.24, 2.45) is 0 Å². The predicted molar refractivity (Wildman–Crippen MR) is 70.5 cm³/mol.